The summed E-state index contributed by atoms with van der Waals surface area (Å²) in [5.74, 6) is 2.01. The third kappa shape index (κ3) is 6.97. The molecule has 0 saturated heterocycles. The van der Waals surface area contributed by atoms with Crippen LogP contribution >= 0.6 is 0 Å². The van der Waals surface area contributed by atoms with Crippen LogP contribution in [0.5, 0.6) is 11.5 Å². The van der Waals surface area contributed by atoms with Crippen molar-refractivity contribution in [1.82, 2.24) is 4.98 Å². The number of anilines is 7. The minimum atomic E-state index is -0.0562. The van der Waals surface area contributed by atoms with Gasteiger partial charge in [0.05, 0.1) is 5.69 Å². The van der Waals surface area contributed by atoms with Crippen molar-refractivity contribution in [3.05, 3.63) is 199 Å². The molecule has 60 heavy (non-hydrogen) atoms. The van der Waals surface area contributed by atoms with Crippen LogP contribution in [0.15, 0.2) is 164 Å². The quantitative estimate of drug-likeness (QED) is 0.155. The van der Waals surface area contributed by atoms with Crippen molar-refractivity contribution in [3.8, 4) is 44.9 Å². The number of hydrogen-bond acceptors (Lipinski definition) is 5. The van der Waals surface area contributed by atoms with Crippen LogP contribution in [0.2, 0.25) is 0 Å². The fourth-order valence-electron chi connectivity index (χ4n) is 8.50. The molecule has 2 aliphatic heterocycles. The molecule has 0 bridgehead atoms. The molecule has 6 heteroatoms. The summed E-state index contributed by atoms with van der Waals surface area (Å²) < 4.78 is 6.70. The number of fused-ring (bicyclic) bond motifs is 6. The maximum atomic E-state index is 6.70. The van der Waals surface area contributed by atoms with E-state index >= 15 is 0 Å². The van der Waals surface area contributed by atoms with Crippen LogP contribution in [0.1, 0.15) is 37.5 Å². The van der Waals surface area contributed by atoms with E-state index in [2.05, 4.69) is 208 Å². The summed E-state index contributed by atoms with van der Waals surface area (Å²) in [5, 5.41) is 0. The van der Waals surface area contributed by atoms with Gasteiger partial charge in [-0.25, -0.2) is 4.98 Å². The molecule has 0 atom stereocenters. The van der Waals surface area contributed by atoms with Crippen LogP contribution in [-0.4, -0.2) is 4.98 Å². The van der Waals surface area contributed by atoms with Crippen LogP contribution < -0.4 is 19.4 Å². The van der Waals surface area contributed by atoms with Gasteiger partial charge in [-0.3, -0.25) is 0 Å². The zero-order valence-electron chi connectivity index (χ0n) is 34.2. The molecule has 0 unspecified atom stereocenters. The first kappa shape index (κ1) is 39.1. The van der Waals surface area contributed by atoms with Crippen molar-refractivity contribution >= 4 is 39.9 Å². The van der Waals surface area contributed by atoms with Gasteiger partial charge in [0.2, 0.25) is 0 Å². The number of nitrogens with zero attached hydrogens (tertiary/aromatic N) is 4. The third-order valence-corrected chi connectivity index (χ3v) is 11.3. The van der Waals surface area contributed by atoms with Crippen molar-refractivity contribution in [2.24, 2.45) is 0 Å². The van der Waals surface area contributed by atoms with Crippen molar-refractivity contribution in [1.29, 1.82) is 0 Å². The van der Waals surface area contributed by atoms with Gasteiger partial charge in [0.1, 0.15) is 5.82 Å². The molecular formula is C54H43N4OPt-3. The van der Waals surface area contributed by atoms with Crippen LogP contribution in [0, 0.1) is 32.6 Å². The Morgan fingerprint density at radius 3 is 1.88 bits per heavy atom. The van der Waals surface area contributed by atoms with Crippen LogP contribution in [0.25, 0.3) is 33.4 Å². The molecule has 0 spiro atoms. The van der Waals surface area contributed by atoms with Gasteiger partial charge in [-0.2, -0.15) is 12.1 Å². The van der Waals surface area contributed by atoms with E-state index in [0.717, 1.165) is 56.5 Å². The molecule has 0 amide bonds. The molecule has 5 nitrogen and oxygen atoms in total. The average molecular weight is 959 g/mol. The van der Waals surface area contributed by atoms with Gasteiger partial charge in [0, 0.05) is 61.4 Å². The zero-order chi connectivity index (χ0) is 40.3. The van der Waals surface area contributed by atoms with Gasteiger partial charge in [-0.05, 0) is 95.1 Å². The Balaban J connectivity index is 0.00000462. The Hall–Kier alpha value is -6.42. The smallest absolute Gasteiger partial charge is 0.135 e. The van der Waals surface area contributed by atoms with Gasteiger partial charge in [0.15, 0.2) is 0 Å². The number of hydrogen-bond donors (Lipinski definition) is 0. The van der Waals surface area contributed by atoms with E-state index in [9.17, 15) is 0 Å². The Bertz CT molecular complexity index is 2860. The third-order valence-electron chi connectivity index (χ3n) is 11.3. The van der Waals surface area contributed by atoms with Crippen LogP contribution in [-0.2, 0) is 26.5 Å². The largest absolute Gasteiger partial charge is 0.509 e. The number of pyridine rings is 1. The summed E-state index contributed by atoms with van der Waals surface area (Å²) in [7, 11) is 0. The first-order valence-electron chi connectivity index (χ1n) is 20.1. The van der Waals surface area contributed by atoms with Crippen molar-refractivity contribution in [3.63, 3.8) is 0 Å². The van der Waals surface area contributed by atoms with E-state index < -0.39 is 0 Å². The average Bonchev–Trinajstić information content (AvgIpc) is 3.58. The Labute approximate surface area is 367 Å². The monoisotopic (exact) mass is 958 g/mol. The predicted molar refractivity (Wildman–Crippen MR) is 243 cm³/mol. The number of rotatable bonds is 6. The number of aryl methyl sites for hydroxylation is 2. The van der Waals surface area contributed by atoms with Crippen LogP contribution in [0.4, 0.5) is 39.9 Å². The van der Waals surface area contributed by atoms with E-state index in [1.165, 1.54) is 33.5 Å². The summed E-state index contributed by atoms with van der Waals surface area (Å²) in [6, 6.07) is 62.6. The van der Waals surface area contributed by atoms with Gasteiger partial charge < -0.3 is 19.4 Å². The molecule has 298 valence electrons. The summed E-state index contributed by atoms with van der Waals surface area (Å²) in [4.78, 5) is 11.7. The van der Waals surface area contributed by atoms with E-state index in [4.69, 9.17) is 9.72 Å². The number of aromatic nitrogens is 1. The molecule has 8 aromatic rings. The maximum Gasteiger partial charge on any atom is 0.135 e. The fraction of sp³-hybridized carbons (Fsp3) is 0.111. The molecular weight excluding hydrogens is 916 g/mol. The molecule has 1 aromatic heterocycles. The van der Waals surface area contributed by atoms with Crippen molar-refractivity contribution in [2.45, 2.75) is 40.0 Å². The maximum absolute atomic E-state index is 6.70. The van der Waals surface area contributed by atoms with Crippen LogP contribution in [0.3, 0.4) is 0 Å². The van der Waals surface area contributed by atoms with Gasteiger partial charge in [-0.1, -0.05) is 117 Å². The summed E-state index contributed by atoms with van der Waals surface area (Å²) in [6.45, 7) is 13.3. The van der Waals surface area contributed by atoms with E-state index in [1.807, 2.05) is 24.4 Å². The minimum Gasteiger partial charge on any atom is -0.509 e. The molecule has 3 heterocycles. The van der Waals surface area contributed by atoms with Crippen molar-refractivity contribution < 1.29 is 25.8 Å². The molecule has 0 N–H and O–H groups in total. The standard InChI is InChI=1S/C54H43N4O.Pt/c1-36-30-39(38-16-7-6-8-17-38)31-37(2)53(36)57-35-56(49-24-13-14-25-50(49)57)41-18-15-19-42(33-41)59-43-26-27-47-45-21-10-9-20-44(45)46-22-11-12-23-48(46)58(51(47)34-43)52-32-40(28-29-55-52)54(3,4)5;/h6-32,35H,1-5H3;/q-3;. The Morgan fingerprint density at radius 2 is 1.17 bits per heavy atom. The first-order valence-corrected chi connectivity index (χ1v) is 20.1. The normalized spacial score (nSPS) is 12.8. The van der Waals surface area contributed by atoms with Gasteiger partial charge >= 0.3 is 0 Å². The molecule has 2 aliphatic rings. The number of ether oxygens (including phenoxy) is 1. The molecule has 0 saturated carbocycles. The van der Waals surface area contributed by atoms with E-state index in [1.54, 1.807) is 0 Å². The second-order valence-electron chi connectivity index (χ2n) is 16.3. The first-order chi connectivity index (χ1) is 28.7. The molecule has 0 fully saturated rings. The van der Waals surface area contributed by atoms with Gasteiger partial charge in [0.25, 0.3) is 0 Å². The molecule has 0 radical (unpaired) electrons. The van der Waals surface area contributed by atoms with E-state index in [0.29, 0.717) is 11.5 Å². The Kier molecular flexibility index (Phi) is 10.2. The second kappa shape index (κ2) is 15.6. The summed E-state index contributed by atoms with van der Waals surface area (Å²) >= 11 is 0. The Morgan fingerprint density at radius 1 is 0.550 bits per heavy atom. The number of benzene rings is 7. The topological polar surface area (TPSA) is 31.8 Å². The van der Waals surface area contributed by atoms with Gasteiger partial charge in [-0.15, -0.1) is 48.3 Å². The van der Waals surface area contributed by atoms with Crippen molar-refractivity contribution in [2.75, 3.05) is 14.7 Å². The second-order valence-corrected chi connectivity index (χ2v) is 16.3. The van der Waals surface area contributed by atoms with E-state index in [-0.39, 0.29) is 26.5 Å². The SMILES string of the molecule is Cc1cc(-c2ccccc2)cc(C)c1N1[CH-]N(c2[c-]c(Oc3[c-]c4c(cc3)-c3ccccc3-c3ccccc3N4c3cc(C(C)(C)C)ccn3)ccc2)c2ccccc21.[Pt]. The fourth-order valence-corrected chi connectivity index (χ4v) is 8.50. The predicted octanol–water partition coefficient (Wildman–Crippen LogP) is 14.6. The summed E-state index contributed by atoms with van der Waals surface area (Å²) in [6.07, 6.45) is 1.91. The molecule has 10 rings (SSSR count). The molecule has 7 aromatic carbocycles. The summed E-state index contributed by atoms with van der Waals surface area (Å²) in [5.41, 5.74) is 16.6. The zero-order valence-corrected chi connectivity index (χ0v) is 36.5. The minimum absolute atomic E-state index is 0. The number of para-hydroxylation sites is 3. The molecule has 0 aliphatic carbocycles.